The maximum absolute atomic E-state index is 12.7. The van der Waals surface area contributed by atoms with Gasteiger partial charge < -0.3 is 13.7 Å². The standard InChI is InChI=1S/C14H23NO3Si2/c1-19(2,3)15-11-9-7-8-10-12(11)17-14(13(15)16)18-20(4,5)6/h7-10,14H,1-6H3/i18+2. The van der Waals surface area contributed by atoms with Crippen molar-refractivity contribution in [1.82, 2.24) is 0 Å². The first-order valence-electron chi connectivity index (χ1n) is 6.87. The topological polar surface area (TPSA) is 38.8 Å². The number of ether oxygens (including phenoxy) is 1. The molecule has 1 aliphatic heterocycles. The van der Waals surface area contributed by atoms with Crippen LogP contribution in [0.15, 0.2) is 24.3 Å². The molecule has 1 aromatic rings. The summed E-state index contributed by atoms with van der Waals surface area (Å²) in [6.07, 6.45) is -0.803. The molecule has 1 aromatic carbocycles. The number of carbonyl (C=O) groups is 1. The minimum Gasteiger partial charge on any atom is -0.454 e. The number of benzene rings is 1. The molecule has 0 saturated heterocycles. The quantitative estimate of drug-likeness (QED) is 0.634. The Labute approximate surface area is 122 Å². The van der Waals surface area contributed by atoms with Gasteiger partial charge in [-0.15, -0.1) is 0 Å². The van der Waals surface area contributed by atoms with Gasteiger partial charge in [0.15, 0.2) is 16.6 Å². The van der Waals surface area contributed by atoms with Crippen molar-refractivity contribution >= 4 is 28.1 Å². The van der Waals surface area contributed by atoms with Crippen molar-refractivity contribution in [2.45, 2.75) is 45.6 Å². The summed E-state index contributed by atoms with van der Waals surface area (Å²) in [5.41, 5.74) is 0.868. The molecule has 20 heavy (non-hydrogen) atoms. The third-order valence-corrected chi connectivity index (χ3v) is 5.62. The number of hydrogen-bond acceptors (Lipinski definition) is 3. The third kappa shape index (κ3) is 3.13. The monoisotopic (exact) mass is 311 g/mol. The van der Waals surface area contributed by atoms with E-state index in [4.69, 9.17) is 9.16 Å². The number of carbonyl (C=O) groups excluding carboxylic acids is 1. The number of hydrogen-bond donors (Lipinski definition) is 0. The predicted molar refractivity (Wildman–Crippen MR) is 86.1 cm³/mol. The van der Waals surface area contributed by atoms with E-state index in [1.54, 1.807) is 0 Å². The second-order valence-corrected chi connectivity index (χ2v) is 16.2. The van der Waals surface area contributed by atoms with Gasteiger partial charge >= 0.3 is 0 Å². The maximum Gasteiger partial charge on any atom is 0.287 e. The summed E-state index contributed by atoms with van der Waals surface area (Å²) in [6, 6.07) is 7.69. The average Bonchev–Trinajstić information content (AvgIpc) is 2.26. The van der Waals surface area contributed by atoms with Crippen LogP contribution in [0.2, 0.25) is 39.3 Å². The van der Waals surface area contributed by atoms with Crippen molar-refractivity contribution in [3.05, 3.63) is 24.3 Å². The molecule has 1 unspecified atom stereocenters. The highest BCUT2D eigenvalue weighted by Crippen LogP contribution is 2.37. The summed E-state index contributed by atoms with van der Waals surface area (Å²) in [5.74, 6) is 0.670. The minimum absolute atomic E-state index is 0.0645. The number of anilines is 1. The van der Waals surface area contributed by atoms with Crippen LogP contribution >= 0.6 is 0 Å². The van der Waals surface area contributed by atoms with Crippen molar-refractivity contribution in [1.29, 1.82) is 0 Å². The van der Waals surface area contributed by atoms with Gasteiger partial charge in [-0.25, -0.2) is 0 Å². The van der Waals surface area contributed by atoms with Crippen molar-refractivity contribution in [3.8, 4) is 5.75 Å². The maximum atomic E-state index is 12.7. The van der Waals surface area contributed by atoms with Gasteiger partial charge in [0.05, 0.1) is 5.69 Å². The summed E-state index contributed by atoms with van der Waals surface area (Å²) < 4.78 is 13.6. The molecule has 0 aliphatic carbocycles. The van der Waals surface area contributed by atoms with Crippen LogP contribution in [0.4, 0.5) is 5.69 Å². The van der Waals surface area contributed by atoms with Gasteiger partial charge in [0.2, 0.25) is 0 Å². The third-order valence-electron chi connectivity index (χ3n) is 2.89. The molecule has 6 heteroatoms. The lowest BCUT2D eigenvalue weighted by Crippen LogP contribution is -2.59. The Morgan fingerprint density at radius 2 is 1.70 bits per heavy atom. The molecule has 0 radical (unpaired) electrons. The summed E-state index contributed by atoms with van der Waals surface area (Å²) in [7, 11) is -3.70. The summed E-state index contributed by atoms with van der Waals surface area (Å²) in [5, 5.41) is 0. The Kier molecular flexibility index (Phi) is 3.83. The van der Waals surface area contributed by atoms with E-state index in [1.165, 1.54) is 0 Å². The molecule has 0 saturated carbocycles. The molecule has 110 valence electrons. The molecule has 1 amide bonds. The fourth-order valence-corrected chi connectivity index (χ4v) is 4.68. The molecule has 0 aromatic heterocycles. The fraction of sp³-hybridized carbons (Fsp3) is 0.500. The zero-order valence-corrected chi connectivity index (χ0v) is 15.1. The highest BCUT2D eigenvalue weighted by Gasteiger charge is 2.42. The van der Waals surface area contributed by atoms with E-state index >= 15 is 0 Å². The number of fused-ring (bicyclic) bond motifs is 1. The molecule has 1 aliphatic rings. The van der Waals surface area contributed by atoms with Crippen LogP contribution in [0.3, 0.4) is 0 Å². The van der Waals surface area contributed by atoms with Crippen LogP contribution in [0.25, 0.3) is 0 Å². The van der Waals surface area contributed by atoms with Gasteiger partial charge in [-0.3, -0.25) is 4.79 Å². The van der Waals surface area contributed by atoms with Crippen LogP contribution in [-0.4, -0.2) is 28.8 Å². The van der Waals surface area contributed by atoms with Crippen LogP contribution in [0, 0.1) is 0 Å². The lowest BCUT2D eigenvalue weighted by Gasteiger charge is -2.42. The molecule has 0 fully saturated rings. The summed E-state index contributed by atoms with van der Waals surface area (Å²) >= 11 is 0. The number of para-hydroxylation sites is 2. The first-order valence-corrected chi connectivity index (χ1v) is 13.7. The highest BCUT2D eigenvalue weighted by molar-refractivity contribution is 6.83. The first kappa shape index (κ1) is 15.3. The van der Waals surface area contributed by atoms with Gasteiger partial charge in [0, 0.05) is 0 Å². The highest BCUT2D eigenvalue weighted by atomic mass is 28.4. The van der Waals surface area contributed by atoms with E-state index in [0.29, 0.717) is 0 Å². The number of rotatable bonds is 3. The van der Waals surface area contributed by atoms with Crippen LogP contribution < -0.4 is 9.30 Å². The Morgan fingerprint density at radius 1 is 1.10 bits per heavy atom. The average molecular weight is 312 g/mol. The van der Waals surface area contributed by atoms with Gasteiger partial charge in [0.25, 0.3) is 12.2 Å². The predicted octanol–water partition coefficient (Wildman–Crippen LogP) is 3.42. The van der Waals surface area contributed by atoms with Gasteiger partial charge in [-0.1, -0.05) is 31.8 Å². The Balaban J connectivity index is 2.43. The van der Waals surface area contributed by atoms with E-state index in [9.17, 15) is 4.79 Å². The summed E-state index contributed by atoms with van der Waals surface area (Å²) in [6.45, 7) is 12.6. The lowest BCUT2D eigenvalue weighted by molar-refractivity contribution is -0.138. The molecular weight excluding hydrogens is 288 g/mol. The molecule has 1 heterocycles. The second kappa shape index (κ2) is 5.01. The first-order chi connectivity index (χ1) is 9.09. The fourth-order valence-electron chi connectivity index (χ4n) is 2.22. The number of amides is 1. The van der Waals surface area contributed by atoms with E-state index in [1.807, 2.05) is 28.8 Å². The molecule has 1 atom stereocenters. The molecule has 0 spiro atoms. The van der Waals surface area contributed by atoms with E-state index in [2.05, 4.69) is 39.3 Å². The number of nitrogens with zero attached hydrogens (tertiary/aromatic N) is 1. The Bertz CT molecular complexity index is 520. The molecular formula is C14H23NO3Si2. The minimum atomic E-state index is -1.85. The van der Waals surface area contributed by atoms with Crippen molar-refractivity contribution < 1.29 is 14.0 Å². The van der Waals surface area contributed by atoms with Gasteiger partial charge in [-0.2, -0.15) is 0 Å². The van der Waals surface area contributed by atoms with E-state index in [-0.39, 0.29) is 5.91 Å². The van der Waals surface area contributed by atoms with Crippen molar-refractivity contribution in [3.63, 3.8) is 0 Å². The Morgan fingerprint density at radius 3 is 2.25 bits per heavy atom. The van der Waals surface area contributed by atoms with E-state index < -0.39 is 22.8 Å². The largest absolute Gasteiger partial charge is 0.454 e. The van der Waals surface area contributed by atoms with Crippen molar-refractivity contribution in [2.75, 3.05) is 4.57 Å². The van der Waals surface area contributed by atoms with Crippen LogP contribution in [0.1, 0.15) is 0 Å². The van der Waals surface area contributed by atoms with Crippen LogP contribution in [-0.2, 0) is 9.22 Å². The Hall–Kier alpha value is -1.12. The summed E-state index contributed by atoms with van der Waals surface area (Å²) in [4.78, 5) is 12.7. The second-order valence-electron chi connectivity index (χ2n) is 6.99. The normalized spacial score (nSPS) is 19.6. The van der Waals surface area contributed by atoms with Crippen LogP contribution in [0.5, 0.6) is 5.75 Å². The zero-order valence-electron chi connectivity index (χ0n) is 13.1. The molecule has 0 N–H and O–H groups in total. The molecule has 0 bridgehead atoms. The molecule has 4 nitrogen and oxygen atoms in total. The smallest absolute Gasteiger partial charge is 0.287 e. The van der Waals surface area contributed by atoms with Gasteiger partial charge in [0.1, 0.15) is 5.75 Å². The van der Waals surface area contributed by atoms with Gasteiger partial charge in [-0.05, 0) is 31.8 Å². The molecule has 2 rings (SSSR count). The lowest BCUT2D eigenvalue weighted by atomic mass is 10.2. The SMILES string of the molecule is C[Si](C)(C)[18O]C1Oc2ccccc2N([Si](C)(C)C)C1=O. The van der Waals surface area contributed by atoms with Crippen molar-refractivity contribution in [2.24, 2.45) is 0 Å². The van der Waals surface area contributed by atoms with E-state index in [0.717, 1.165) is 11.4 Å². The zero-order chi connectivity index (χ0) is 15.1.